The number of rotatable bonds is 4. The van der Waals surface area contributed by atoms with E-state index in [4.69, 9.17) is 11.6 Å². The minimum atomic E-state index is -0.561. The normalized spacial score (nSPS) is 10.2. The number of benzene rings is 1. The molecule has 0 fully saturated rings. The standard InChI is InChI=1S/C11H9ClN4O2S/c1-19-8-4-2-7(3-5-8)14-10-9(16(17)18)6-13-11(12)15-10/h2-6H,1H3,(H,13,14,15). The fraction of sp³-hybridized carbons (Fsp3) is 0.0909. The Morgan fingerprint density at radius 1 is 1.37 bits per heavy atom. The maximum atomic E-state index is 10.9. The average molecular weight is 297 g/mol. The van der Waals surface area contributed by atoms with Crippen molar-refractivity contribution < 1.29 is 4.92 Å². The smallest absolute Gasteiger partial charge is 0.329 e. The number of nitrogens with zero attached hydrogens (tertiary/aromatic N) is 3. The summed E-state index contributed by atoms with van der Waals surface area (Å²) in [5, 5.41) is 13.7. The van der Waals surface area contributed by atoms with Crippen molar-refractivity contribution in [3.8, 4) is 0 Å². The molecule has 0 aliphatic heterocycles. The van der Waals surface area contributed by atoms with Gasteiger partial charge >= 0.3 is 5.69 Å². The third kappa shape index (κ3) is 3.33. The van der Waals surface area contributed by atoms with E-state index >= 15 is 0 Å². The van der Waals surface area contributed by atoms with Gasteiger partial charge in [-0.1, -0.05) is 0 Å². The topological polar surface area (TPSA) is 81.0 Å². The number of hydrogen-bond acceptors (Lipinski definition) is 6. The number of nitrogens with one attached hydrogen (secondary N) is 1. The second-order valence-corrected chi connectivity index (χ2v) is 4.70. The Kier molecular flexibility index (Phi) is 4.18. The van der Waals surface area contributed by atoms with Crippen molar-refractivity contribution in [3.05, 3.63) is 45.9 Å². The molecule has 0 saturated heterocycles. The van der Waals surface area contributed by atoms with Crippen LogP contribution in [0.2, 0.25) is 5.28 Å². The van der Waals surface area contributed by atoms with Crippen LogP contribution in [-0.4, -0.2) is 21.1 Å². The minimum absolute atomic E-state index is 0.0474. The molecule has 1 N–H and O–H groups in total. The van der Waals surface area contributed by atoms with Crippen molar-refractivity contribution in [2.75, 3.05) is 11.6 Å². The summed E-state index contributed by atoms with van der Waals surface area (Å²) < 4.78 is 0. The molecule has 0 spiro atoms. The van der Waals surface area contributed by atoms with Gasteiger partial charge in [-0.3, -0.25) is 10.1 Å². The molecule has 0 atom stereocenters. The van der Waals surface area contributed by atoms with E-state index in [1.54, 1.807) is 11.8 Å². The van der Waals surface area contributed by atoms with E-state index < -0.39 is 4.92 Å². The van der Waals surface area contributed by atoms with Crippen LogP contribution in [0.15, 0.2) is 35.4 Å². The van der Waals surface area contributed by atoms with E-state index in [1.807, 2.05) is 30.5 Å². The molecule has 0 radical (unpaired) electrons. The van der Waals surface area contributed by atoms with Crippen LogP contribution >= 0.6 is 23.4 Å². The molecule has 8 heteroatoms. The van der Waals surface area contributed by atoms with Gasteiger partial charge < -0.3 is 5.32 Å². The summed E-state index contributed by atoms with van der Waals surface area (Å²) in [6, 6.07) is 7.43. The van der Waals surface area contributed by atoms with Crippen LogP contribution in [0.1, 0.15) is 0 Å². The zero-order valence-corrected chi connectivity index (χ0v) is 11.4. The second kappa shape index (κ2) is 5.85. The first-order chi connectivity index (χ1) is 9.10. The lowest BCUT2D eigenvalue weighted by molar-refractivity contribution is -0.384. The lowest BCUT2D eigenvalue weighted by Crippen LogP contribution is -2.01. The zero-order chi connectivity index (χ0) is 13.8. The third-order valence-corrected chi connectivity index (χ3v) is 3.22. The number of halogens is 1. The molecule has 6 nitrogen and oxygen atoms in total. The number of hydrogen-bond donors (Lipinski definition) is 1. The van der Waals surface area contributed by atoms with Gasteiger partial charge in [-0.05, 0) is 42.1 Å². The monoisotopic (exact) mass is 296 g/mol. The van der Waals surface area contributed by atoms with Crippen molar-refractivity contribution in [1.29, 1.82) is 0 Å². The van der Waals surface area contributed by atoms with E-state index in [0.29, 0.717) is 5.69 Å². The summed E-state index contributed by atoms with van der Waals surface area (Å²) in [6.45, 7) is 0. The molecule has 19 heavy (non-hydrogen) atoms. The summed E-state index contributed by atoms with van der Waals surface area (Å²) in [6.07, 6.45) is 3.05. The van der Waals surface area contributed by atoms with E-state index in [0.717, 1.165) is 11.1 Å². The summed E-state index contributed by atoms with van der Waals surface area (Å²) in [4.78, 5) is 18.8. The Morgan fingerprint density at radius 3 is 2.63 bits per heavy atom. The fourth-order valence-corrected chi connectivity index (χ4v) is 1.93. The third-order valence-electron chi connectivity index (χ3n) is 2.29. The van der Waals surface area contributed by atoms with E-state index in [1.165, 1.54) is 0 Å². The molecular weight excluding hydrogens is 288 g/mol. The Bertz CT molecular complexity index is 606. The summed E-state index contributed by atoms with van der Waals surface area (Å²) in [5.41, 5.74) is 0.467. The highest BCUT2D eigenvalue weighted by molar-refractivity contribution is 7.98. The largest absolute Gasteiger partial charge is 0.334 e. The molecule has 0 aliphatic carbocycles. The SMILES string of the molecule is CSc1ccc(Nc2nc(Cl)ncc2[N+](=O)[O-])cc1. The number of nitro groups is 1. The van der Waals surface area contributed by atoms with Crippen LogP contribution in [0.5, 0.6) is 0 Å². The molecule has 0 unspecified atom stereocenters. The van der Waals surface area contributed by atoms with Gasteiger partial charge in [0.2, 0.25) is 11.1 Å². The Balaban J connectivity index is 2.31. The van der Waals surface area contributed by atoms with Crippen molar-refractivity contribution in [3.63, 3.8) is 0 Å². The molecule has 2 rings (SSSR count). The van der Waals surface area contributed by atoms with Crippen molar-refractivity contribution in [2.24, 2.45) is 0 Å². The molecule has 1 aromatic carbocycles. The average Bonchev–Trinajstić information content (AvgIpc) is 2.39. The first-order valence-corrected chi connectivity index (χ1v) is 6.78. The van der Waals surface area contributed by atoms with Crippen LogP contribution in [0.4, 0.5) is 17.2 Å². The van der Waals surface area contributed by atoms with Crippen LogP contribution in [0, 0.1) is 10.1 Å². The zero-order valence-electron chi connectivity index (χ0n) is 9.83. The maximum absolute atomic E-state index is 10.9. The van der Waals surface area contributed by atoms with Crippen molar-refractivity contribution in [2.45, 2.75) is 4.90 Å². The minimum Gasteiger partial charge on any atom is -0.334 e. The molecule has 0 amide bonds. The first kappa shape index (κ1) is 13.6. The van der Waals surface area contributed by atoms with Gasteiger partial charge in [-0.25, -0.2) is 4.98 Å². The highest BCUT2D eigenvalue weighted by atomic mass is 35.5. The van der Waals surface area contributed by atoms with Crippen LogP contribution < -0.4 is 5.32 Å². The van der Waals surface area contributed by atoms with Crippen molar-refractivity contribution >= 4 is 40.6 Å². The van der Waals surface area contributed by atoms with Gasteiger partial charge in [0, 0.05) is 10.6 Å². The molecular formula is C11H9ClN4O2S. The summed E-state index contributed by atoms with van der Waals surface area (Å²) in [7, 11) is 0. The number of aromatic nitrogens is 2. The van der Waals surface area contributed by atoms with Crippen molar-refractivity contribution in [1.82, 2.24) is 9.97 Å². The molecule has 2 aromatic rings. The maximum Gasteiger partial charge on any atom is 0.329 e. The van der Waals surface area contributed by atoms with Gasteiger partial charge in [-0.15, -0.1) is 11.8 Å². The molecule has 0 aliphatic rings. The van der Waals surface area contributed by atoms with Gasteiger partial charge in [0.05, 0.1) is 4.92 Å². The van der Waals surface area contributed by atoms with Crippen LogP contribution in [0.3, 0.4) is 0 Å². The van der Waals surface area contributed by atoms with Crippen LogP contribution in [0.25, 0.3) is 0 Å². The molecule has 1 heterocycles. The van der Waals surface area contributed by atoms with E-state index in [-0.39, 0.29) is 16.8 Å². The fourth-order valence-electron chi connectivity index (χ4n) is 1.39. The lowest BCUT2D eigenvalue weighted by Gasteiger charge is -2.06. The van der Waals surface area contributed by atoms with E-state index in [2.05, 4.69) is 15.3 Å². The summed E-state index contributed by atoms with van der Waals surface area (Å²) >= 11 is 7.26. The molecule has 0 saturated carbocycles. The van der Waals surface area contributed by atoms with E-state index in [9.17, 15) is 10.1 Å². The predicted octanol–water partition coefficient (Wildman–Crippen LogP) is 3.50. The number of anilines is 2. The van der Waals surface area contributed by atoms with Gasteiger partial charge in [0.15, 0.2) is 0 Å². The van der Waals surface area contributed by atoms with Gasteiger partial charge in [0.25, 0.3) is 0 Å². The number of thioether (sulfide) groups is 1. The predicted molar refractivity (Wildman–Crippen MR) is 75.2 cm³/mol. The second-order valence-electron chi connectivity index (χ2n) is 3.48. The van der Waals surface area contributed by atoms with Gasteiger partial charge in [-0.2, -0.15) is 4.98 Å². The Morgan fingerprint density at radius 2 is 2.05 bits per heavy atom. The Labute approximate surface area is 118 Å². The highest BCUT2D eigenvalue weighted by Crippen LogP contribution is 2.26. The van der Waals surface area contributed by atoms with Crippen LogP contribution in [-0.2, 0) is 0 Å². The highest BCUT2D eigenvalue weighted by Gasteiger charge is 2.16. The quantitative estimate of drug-likeness (QED) is 0.402. The molecule has 1 aromatic heterocycles. The van der Waals surface area contributed by atoms with Gasteiger partial charge in [0.1, 0.15) is 6.20 Å². The summed E-state index contributed by atoms with van der Waals surface area (Å²) in [5.74, 6) is 0.0712. The molecule has 98 valence electrons. The lowest BCUT2D eigenvalue weighted by atomic mass is 10.3. The molecule has 0 bridgehead atoms. The first-order valence-electron chi connectivity index (χ1n) is 5.18. The Hall–Kier alpha value is -1.86.